The molecule has 0 radical (unpaired) electrons. The molecule has 14 heavy (non-hydrogen) atoms. The van der Waals surface area contributed by atoms with E-state index < -0.39 is 0 Å². The summed E-state index contributed by atoms with van der Waals surface area (Å²) in [6.07, 6.45) is 8.52. The number of nitrogens with two attached hydrogens (primary N) is 1. The van der Waals surface area contributed by atoms with E-state index in [4.69, 9.17) is 5.73 Å². The van der Waals surface area contributed by atoms with Crippen LogP contribution in [0.1, 0.15) is 52.4 Å². The summed E-state index contributed by atoms with van der Waals surface area (Å²) in [4.78, 5) is 9.44. The highest BCUT2D eigenvalue weighted by atomic mass is 16.1. The summed E-state index contributed by atoms with van der Waals surface area (Å²) in [5.74, 6) is 2.17. The average Bonchev–Trinajstić information content (AvgIpc) is 2.01. The summed E-state index contributed by atoms with van der Waals surface area (Å²) < 4.78 is 0. The molecule has 2 bridgehead atoms. The molecule has 0 aromatic rings. The van der Waals surface area contributed by atoms with Gasteiger partial charge in [0.1, 0.15) is 5.78 Å². The number of hydrogen-bond donors (Lipinski definition) is 1. The molecule has 0 aromatic heterocycles. The molecule has 0 heterocycles. The van der Waals surface area contributed by atoms with E-state index in [1.807, 2.05) is 0 Å². The fourth-order valence-electron chi connectivity index (χ4n) is 2.78. The average molecular weight is 197 g/mol. The number of Topliss-reactive ketones (excluding diaryl/α,β-unsaturated/α-hetero) is 1. The number of carbonyl (C=O) groups excluding carboxylic acids is 1. The molecule has 0 aliphatic heterocycles. The summed E-state index contributed by atoms with van der Waals surface area (Å²) >= 11 is 0. The standard InChI is InChI=1S/C9H17N.C3H6O/c10-9-5-7-2-1-3-8(4-7)6-9;1-3(2)4/h7-9H,1-6,10H2;1-2H3. The van der Waals surface area contributed by atoms with Gasteiger partial charge < -0.3 is 10.5 Å². The lowest BCUT2D eigenvalue weighted by Gasteiger charge is -2.37. The van der Waals surface area contributed by atoms with Gasteiger partial charge in [-0.15, -0.1) is 0 Å². The Bertz CT molecular complexity index is 171. The van der Waals surface area contributed by atoms with E-state index in [0.29, 0.717) is 6.04 Å². The lowest BCUT2D eigenvalue weighted by atomic mass is 9.71. The first kappa shape index (κ1) is 11.7. The molecule has 2 saturated carbocycles. The van der Waals surface area contributed by atoms with Crippen molar-refractivity contribution in [2.45, 2.75) is 58.4 Å². The second kappa shape index (κ2) is 5.50. The van der Waals surface area contributed by atoms with Gasteiger partial charge >= 0.3 is 0 Å². The minimum Gasteiger partial charge on any atom is -0.328 e. The quantitative estimate of drug-likeness (QED) is 0.648. The summed E-state index contributed by atoms with van der Waals surface area (Å²) in [6, 6.07) is 0.545. The highest BCUT2D eigenvalue weighted by Gasteiger charge is 2.29. The number of ketones is 1. The summed E-state index contributed by atoms with van der Waals surface area (Å²) in [6.45, 7) is 3.06. The molecule has 0 amide bonds. The predicted octanol–water partition coefficient (Wildman–Crippen LogP) is 2.51. The van der Waals surface area contributed by atoms with Crippen LogP contribution in [0.5, 0.6) is 0 Å². The van der Waals surface area contributed by atoms with Crippen LogP contribution in [-0.4, -0.2) is 11.8 Å². The van der Waals surface area contributed by atoms with Gasteiger partial charge in [-0.05, 0) is 44.9 Å². The molecule has 2 nitrogen and oxygen atoms in total. The zero-order chi connectivity index (χ0) is 10.6. The molecule has 0 aromatic carbocycles. The van der Waals surface area contributed by atoms with Crippen LogP contribution in [0.3, 0.4) is 0 Å². The van der Waals surface area contributed by atoms with E-state index in [1.165, 1.54) is 52.4 Å². The molecule has 2 unspecified atom stereocenters. The maximum atomic E-state index is 9.44. The van der Waals surface area contributed by atoms with Gasteiger partial charge in [0.2, 0.25) is 0 Å². The van der Waals surface area contributed by atoms with E-state index in [0.717, 1.165) is 11.8 Å². The first-order valence-corrected chi connectivity index (χ1v) is 5.80. The monoisotopic (exact) mass is 197 g/mol. The van der Waals surface area contributed by atoms with Crippen molar-refractivity contribution in [2.24, 2.45) is 17.6 Å². The van der Waals surface area contributed by atoms with Crippen LogP contribution < -0.4 is 5.73 Å². The van der Waals surface area contributed by atoms with E-state index in [-0.39, 0.29) is 5.78 Å². The van der Waals surface area contributed by atoms with Crippen LogP contribution in [0.4, 0.5) is 0 Å². The Kier molecular flexibility index (Phi) is 4.59. The molecule has 2 atom stereocenters. The van der Waals surface area contributed by atoms with Gasteiger partial charge in [0.05, 0.1) is 0 Å². The van der Waals surface area contributed by atoms with E-state index in [1.54, 1.807) is 0 Å². The van der Waals surface area contributed by atoms with Gasteiger partial charge in [-0.25, -0.2) is 0 Å². The van der Waals surface area contributed by atoms with Crippen molar-refractivity contribution < 1.29 is 4.79 Å². The Hall–Kier alpha value is -0.370. The molecular weight excluding hydrogens is 174 g/mol. The van der Waals surface area contributed by atoms with Crippen LogP contribution in [0.25, 0.3) is 0 Å². The largest absolute Gasteiger partial charge is 0.328 e. The third-order valence-corrected chi connectivity index (χ3v) is 3.16. The van der Waals surface area contributed by atoms with Crippen molar-refractivity contribution >= 4 is 5.78 Å². The Morgan fingerprint density at radius 3 is 1.93 bits per heavy atom. The number of rotatable bonds is 0. The third kappa shape index (κ3) is 4.23. The minimum absolute atomic E-state index is 0.167. The maximum Gasteiger partial charge on any atom is 0.126 e. The Morgan fingerprint density at radius 1 is 1.07 bits per heavy atom. The molecule has 0 saturated heterocycles. The Morgan fingerprint density at radius 2 is 1.50 bits per heavy atom. The lowest BCUT2D eigenvalue weighted by Crippen LogP contribution is -2.35. The van der Waals surface area contributed by atoms with Gasteiger partial charge in [-0.2, -0.15) is 0 Å². The van der Waals surface area contributed by atoms with Crippen molar-refractivity contribution in [3.63, 3.8) is 0 Å². The van der Waals surface area contributed by atoms with Crippen LogP contribution in [0.15, 0.2) is 0 Å². The van der Waals surface area contributed by atoms with E-state index in [9.17, 15) is 4.79 Å². The lowest BCUT2D eigenvalue weighted by molar-refractivity contribution is -0.114. The van der Waals surface area contributed by atoms with Crippen LogP contribution in [-0.2, 0) is 4.79 Å². The van der Waals surface area contributed by atoms with Gasteiger partial charge in [0, 0.05) is 6.04 Å². The normalized spacial score (nSPS) is 35.5. The second-order valence-corrected chi connectivity index (χ2v) is 5.04. The van der Waals surface area contributed by atoms with Crippen LogP contribution in [0, 0.1) is 11.8 Å². The maximum absolute atomic E-state index is 9.44. The SMILES string of the molecule is CC(C)=O.NC1CC2CCCC(C1)C2. The number of carbonyl (C=O) groups is 1. The predicted molar refractivity (Wildman–Crippen MR) is 59.0 cm³/mol. The first-order valence-electron chi connectivity index (χ1n) is 5.80. The van der Waals surface area contributed by atoms with Crippen molar-refractivity contribution in [1.29, 1.82) is 0 Å². The molecule has 2 heteroatoms. The number of hydrogen-bond acceptors (Lipinski definition) is 2. The second-order valence-electron chi connectivity index (χ2n) is 5.04. The van der Waals surface area contributed by atoms with Gasteiger partial charge in [0.25, 0.3) is 0 Å². The molecule has 2 N–H and O–H groups in total. The highest BCUT2D eigenvalue weighted by Crippen LogP contribution is 2.38. The minimum atomic E-state index is 0.167. The smallest absolute Gasteiger partial charge is 0.126 e. The summed E-state index contributed by atoms with van der Waals surface area (Å²) in [5, 5.41) is 0. The first-order chi connectivity index (χ1) is 6.58. The molecule has 2 fully saturated rings. The van der Waals surface area contributed by atoms with Crippen molar-refractivity contribution in [3.8, 4) is 0 Å². The Labute approximate surface area is 87.2 Å². The van der Waals surface area contributed by atoms with Gasteiger partial charge in [-0.1, -0.05) is 19.3 Å². The zero-order valence-electron chi connectivity index (χ0n) is 9.46. The number of fused-ring (bicyclic) bond motifs is 2. The van der Waals surface area contributed by atoms with Crippen LogP contribution in [0.2, 0.25) is 0 Å². The molecule has 82 valence electrons. The fraction of sp³-hybridized carbons (Fsp3) is 0.917. The summed E-state index contributed by atoms with van der Waals surface area (Å²) in [7, 11) is 0. The van der Waals surface area contributed by atoms with Gasteiger partial charge in [0.15, 0.2) is 0 Å². The van der Waals surface area contributed by atoms with Gasteiger partial charge in [-0.3, -0.25) is 0 Å². The third-order valence-electron chi connectivity index (χ3n) is 3.16. The van der Waals surface area contributed by atoms with Crippen molar-refractivity contribution in [2.75, 3.05) is 0 Å². The highest BCUT2D eigenvalue weighted by molar-refractivity contribution is 5.72. The Balaban J connectivity index is 0.000000213. The topological polar surface area (TPSA) is 43.1 Å². The van der Waals surface area contributed by atoms with E-state index >= 15 is 0 Å². The molecule has 2 rings (SSSR count). The summed E-state index contributed by atoms with van der Waals surface area (Å²) in [5.41, 5.74) is 5.93. The van der Waals surface area contributed by atoms with Crippen LogP contribution >= 0.6 is 0 Å². The van der Waals surface area contributed by atoms with E-state index in [2.05, 4.69) is 0 Å². The van der Waals surface area contributed by atoms with Crippen molar-refractivity contribution in [3.05, 3.63) is 0 Å². The molecular formula is C12H23NO. The molecule has 0 spiro atoms. The fourth-order valence-corrected chi connectivity index (χ4v) is 2.78. The molecule has 2 aliphatic rings. The zero-order valence-corrected chi connectivity index (χ0v) is 9.46. The van der Waals surface area contributed by atoms with Crippen molar-refractivity contribution in [1.82, 2.24) is 0 Å². The molecule has 2 aliphatic carbocycles.